The molecule has 0 spiro atoms. The van der Waals surface area contributed by atoms with E-state index in [1.807, 2.05) is 24.3 Å². The Kier molecular flexibility index (Phi) is 4.75. The maximum Gasteiger partial charge on any atom is 0.309 e. The third kappa shape index (κ3) is 4.67. The van der Waals surface area contributed by atoms with E-state index < -0.39 is 11.4 Å². The van der Waals surface area contributed by atoms with Crippen molar-refractivity contribution in [1.82, 2.24) is 0 Å². The van der Waals surface area contributed by atoms with Crippen LogP contribution in [0.2, 0.25) is 0 Å². The van der Waals surface area contributed by atoms with E-state index in [1.54, 1.807) is 21.0 Å². The Morgan fingerprint density at radius 2 is 1.47 bits per heavy atom. The first-order valence-electron chi connectivity index (χ1n) is 6.53. The Morgan fingerprint density at radius 3 is 1.84 bits per heavy atom. The number of rotatable bonds is 6. The summed E-state index contributed by atoms with van der Waals surface area (Å²) >= 11 is 0. The number of carbonyl (C=O) groups is 1. The topological polar surface area (TPSA) is 46.5 Å². The molecular weight excluding hydrogens is 240 g/mol. The molecule has 0 unspecified atom stereocenters. The van der Waals surface area contributed by atoms with E-state index in [2.05, 4.69) is 13.8 Å². The van der Waals surface area contributed by atoms with Crippen molar-refractivity contribution >= 4 is 5.97 Å². The normalized spacial score (nSPS) is 12.5. The molecule has 0 heterocycles. The molecule has 1 N–H and O–H groups in total. The van der Waals surface area contributed by atoms with Crippen molar-refractivity contribution < 1.29 is 14.6 Å². The van der Waals surface area contributed by atoms with E-state index in [4.69, 9.17) is 9.84 Å². The fourth-order valence-corrected chi connectivity index (χ4v) is 1.92. The molecule has 0 aromatic heterocycles. The monoisotopic (exact) mass is 264 g/mol. The summed E-state index contributed by atoms with van der Waals surface area (Å²) < 4.78 is 5.41. The molecule has 0 amide bonds. The summed E-state index contributed by atoms with van der Waals surface area (Å²) in [7, 11) is 1.71. The van der Waals surface area contributed by atoms with Gasteiger partial charge in [0.15, 0.2) is 0 Å². The number of hydrogen-bond donors (Lipinski definition) is 1. The van der Waals surface area contributed by atoms with Gasteiger partial charge < -0.3 is 9.84 Å². The summed E-state index contributed by atoms with van der Waals surface area (Å²) in [6, 6.07) is 8.11. The van der Waals surface area contributed by atoms with Gasteiger partial charge in [-0.05, 0) is 45.2 Å². The Hall–Kier alpha value is -1.35. The minimum Gasteiger partial charge on any atom is -0.481 e. The molecule has 0 bridgehead atoms. The lowest BCUT2D eigenvalue weighted by Crippen LogP contribution is -2.26. The van der Waals surface area contributed by atoms with Gasteiger partial charge in [0.25, 0.3) is 0 Å². The van der Waals surface area contributed by atoms with E-state index in [0.717, 1.165) is 12.0 Å². The second-order valence-electron chi connectivity index (χ2n) is 6.32. The first-order chi connectivity index (χ1) is 8.66. The van der Waals surface area contributed by atoms with E-state index in [1.165, 1.54) is 5.56 Å². The van der Waals surface area contributed by atoms with E-state index in [9.17, 15) is 4.79 Å². The summed E-state index contributed by atoms with van der Waals surface area (Å²) in [4.78, 5) is 11.1. The maximum absolute atomic E-state index is 11.1. The van der Waals surface area contributed by atoms with Crippen molar-refractivity contribution in [3.63, 3.8) is 0 Å². The lowest BCUT2D eigenvalue weighted by molar-refractivity contribution is -0.146. The number of hydrogen-bond acceptors (Lipinski definition) is 2. The molecule has 1 aromatic carbocycles. The molecular formula is C16H24O3. The van der Waals surface area contributed by atoms with Crippen molar-refractivity contribution in [2.75, 3.05) is 7.11 Å². The predicted octanol–water partition coefficient (Wildman–Crippen LogP) is 3.31. The predicted molar refractivity (Wildman–Crippen MR) is 76.4 cm³/mol. The number of benzene rings is 1. The average Bonchev–Trinajstić information content (AvgIpc) is 2.31. The Bertz CT molecular complexity index is 430. The van der Waals surface area contributed by atoms with Gasteiger partial charge in [0.2, 0.25) is 0 Å². The highest BCUT2D eigenvalue weighted by Gasteiger charge is 2.27. The molecule has 0 saturated carbocycles. The van der Waals surface area contributed by atoms with Crippen LogP contribution in [-0.4, -0.2) is 23.8 Å². The third-order valence-corrected chi connectivity index (χ3v) is 3.43. The quantitative estimate of drug-likeness (QED) is 0.857. The van der Waals surface area contributed by atoms with Gasteiger partial charge in [0.1, 0.15) is 0 Å². The van der Waals surface area contributed by atoms with E-state index in [0.29, 0.717) is 6.42 Å². The van der Waals surface area contributed by atoms with Crippen molar-refractivity contribution in [3.8, 4) is 0 Å². The molecule has 19 heavy (non-hydrogen) atoms. The fourth-order valence-electron chi connectivity index (χ4n) is 1.92. The molecule has 0 fully saturated rings. The first kappa shape index (κ1) is 15.7. The van der Waals surface area contributed by atoms with Crippen molar-refractivity contribution in [2.24, 2.45) is 5.41 Å². The van der Waals surface area contributed by atoms with Crippen LogP contribution in [0.1, 0.15) is 38.8 Å². The van der Waals surface area contributed by atoms with Crippen LogP contribution < -0.4 is 0 Å². The molecule has 3 heteroatoms. The van der Waals surface area contributed by atoms with Gasteiger partial charge in [-0.15, -0.1) is 0 Å². The Morgan fingerprint density at radius 1 is 1.05 bits per heavy atom. The molecule has 1 aromatic rings. The molecule has 3 nitrogen and oxygen atoms in total. The zero-order valence-corrected chi connectivity index (χ0v) is 12.5. The van der Waals surface area contributed by atoms with Crippen LogP contribution in [0.5, 0.6) is 0 Å². The van der Waals surface area contributed by atoms with Crippen molar-refractivity contribution in [3.05, 3.63) is 35.4 Å². The van der Waals surface area contributed by atoms with Crippen molar-refractivity contribution in [1.29, 1.82) is 0 Å². The largest absolute Gasteiger partial charge is 0.481 e. The lowest BCUT2D eigenvalue weighted by atomic mass is 9.85. The van der Waals surface area contributed by atoms with Crippen LogP contribution >= 0.6 is 0 Å². The minimum atomic E-state index is -0.767. The van der Waals surface area contributed by atoms with Crippen LogP contribution in [0.25, 0.3) is 0 Å². The van der Waals surface area contributed by atoms with Crippen LogP contribution in [-0.2, 0) is 22.4 Å². The zero-order valence-electron chi connectivity index (χ0n) is 12.5. The van der Waals surface area contributed by atoms with E-state index in [-0.39, 0.29) is 5.60 Å². The number of carboxylic acid groups (broad SMARTS) is 1. The number of ether oxygens (including phenoxy) is 1. The highest BCUT2D eigenvalue weighted by Crippen LogP contribution is 2.23. The molecule has 0 aliphatic rings. The standard InChI is InChI=1S/C16H24O3/c1-15(2,14(17)18)10-12-6-8-13(9-7-12)11-16(3,4)19-5/h6-9H,10-11H2,1-5H3,(H,17,18). The molecule has 0 aliphatic carbocycles. The molecule has 0 atom stereocenters. The van der Waals surface area contributed by atoms with Gasteiger partial charge in [-0.3, -0.25) is 4.79 Å². The zero-order chi connectivity index (χ0) is 14.7. The van der Waals surface area contributed by atoms with Gasteiger partial charge in [-0.1, -0.05) is 24.3 Å². The summed E-state index contributed by atoms with van der Waals surface area (Å²) in [5, 5.41) is 9.13. The third-order valence-electron chi connectivity index (χ3n) is 3.43. The second kappa shape index (κ2) is 5.74. The molecule has 0 saturated heterocycles. The average molecular weight is 264 g/mol. The van der Waals surface area contributed by atoms with Gasteiger partial charge in [-0.2, -0.15) is 0 Å². The Balaban J connectivity index is 2.75. The van der Waals surface area contributed by atoms with Crippen LogP contribution in [0, 0.1) is 5.41 Å². The molecule has 0 radical (unpaired) electrons. The second-order valence-corrected chi connectivity index (χ2v) is 6.32. The number of carboxylic acids is 1. The summed E-state index contributed by atoms with van der Waals surface area (Å²) in [5.41, 5.74) is 1.34. The first-order valence-corrected chi connectivity index (χ1v) is 6.53. The van der Waals surface area contributed by atoms with Crippen molar-refractivity contribution in [2.45, 2.75) is 46.1 Å². The van der Waals surface area contributed by atoms with Gasteiger partial charge in [0.05, 0.1) is 11.0 Å². The Labute approximate surface area is 115 Å². The maximum atomic E-state index is 11.1. The van der Waals surface area contributed by atoms with Gasteiger partial charge >= 0.3 is 5.97 Å². The molecule has 0 aliphatic heterocycles. The van der Waals surface area contributed by atoms with Crippen LogP contribution in [0.15, 0.2) is 24.3 Å². The van der Waals surface area contributed by atoms with Gasteiger partial charge in [0, 0.05) is 13.5 Å². The summed E-state index contributed by atoms with van der Waals surface area (Å²) in [6.45, 7) is 7.59. The van der Waals surface area contributed by atoms with Gasteiger partial charge in [-0.25, -0.2) is 0 Å². The van der Waals surface area contributed by atoms with E-state index >= 15 is 0 Å². The highest BCUT2D eigenvalue weighted by atomic mass is 16.5. The smallest absolute Gasteiger partial charge is 0.309 e. The SMILES string of the molecule is COC(C)(C)Cc1ccc(CC(C)(C)C(=O)O)cc1. The fraction of sp³-hybridized carbons (Fsp3) is 0.562. The highest BCUT2D eigenvalue weighted by molar-refractivity contribution is 5.74. The molecule has 1 rings (SSSR count). The number of methoxy groups -OCH3 is 1. The number of aliphatic carboxylic acids is 1. The molecule has 106 valence electrons. The minimum absolute atomic E-state index is 0.179. The van der Waals surface area contributed by atoms with Crippen LogP contribution in [0.4, 0.5) is 0 Å². The lowest BCUT2D eigenvalue weighted by Gasteiger charge is -2.23. The summed E-state index contributed by atoms with van der Waals surface area (Å²) in [5.74, 6) is -0.767. The van der Waals surface area contributed by atoms with Crippen LogP contribution in [0.3, 0.4) is 0 Å². The summed E-state index contributed by atoms with van der Waals surface area (Å²) in [6.07, 6.45) is 1.38.